The van der Waals surface area contributed by atoms with Gasteiger partial charge in [-0.15, -0.1) is 0 Å². The average Bonchev–Trinajstić information content (AvgIpc) is 3.15. The number of hydrogen-bond acceptors (Lipinski definition) is 4. The van der Waals surface area contributed by atoms with Crippen molar-refractivity contribution in [1.82, 2.24) is 10.3 Å². The van der Waals surface area contributed by atoms with E-state index in [0.717, 1.165) is 23.5 Å². The number of fused-ring (bicyclic) bond motifs is 1. The summed E-state index contributed by atoms with van der Waals surface area (Å²) in [7, 11) is 0. The minimum Gasteiger partial charge on any atom is -0.465 e. The molecule has 0 amide bonds. The smallest absolute Gasteiger partial charge is 0.123 e. The molecule has 2 aliphatic heterocycles. The second-order valence-electron chi connectivity index (χ2n) is 6.65. The van der Waals surface area contributed by atoms with Gasteiger partial charge in [-0.3, -0.25) is 10.3 Å². The van der Waals surface area contributed by atoms with Crippen LogP contribution >= 0.6 is 15.9 Å². The summed E-state index contributed by atoms with van der Waals surface area (Å²) in [6.45, 7) is 4.10. The Morgan fingerprint density at radius 1 is 1.29 bits per heavy atom. The lowest BCUT2D eigenvalue weighted by Crippen LogP contribution is -2.60. The quantitative estimate of drug-likeness (QED) is 0.784. The van der Waals surface area contributed by atoms with Crippen LogP contribution in [0.15, 0.2) is 45.9 Å². The lowest BCUT2D eigenvalue weighted by Gasteiger charge is -2.49. The number of nitrogens with one attached hydrogen (secondary N) is 1. The van der Waals surface area contributed by atoms with Crippen molar-refractivity contribution in [1.29, 1.82) is 0 Å². The lowest BCUT2D eigenvalue weighted by atomic mass is 9.81. The maximum absolute atomic E-state index is 13.4. The molecule has 4 nitrogen and oxygen atoms in total. The molecule has 0 aliphatic carbocycles. The van der Waals surface area contributed by atoms with Crippen molar-refractivity contribution in [3.05, 3.63) is 59.3 Å². The molecule has 24 heavy (non-hydrogen) atoms. The van der Waals surface area contributed by atoms with Crippen LogP contribution in [-0.4, -0.2) is 22.2 Å². The van der Waals surface area contributed by atoms with E-state index >= 15 is 0 Å². The molecule has 1 saturated heterocycles. The summed E-state index contributed by atoms with van der Waals surface area (Å²) in [4.78, 5) is 0.108. The summed E-state index contributed by atoms with van der Waals surface area (Å²) >= 11 is 3.68. The van der Waals surface area contributed by atoms with Gasteiger partial charge in [-0.1, -0.05) is 28.1 Å². The summed E-state index contributed by atoms with van der Waals surface area (Å²) in [6, 6.07) is 10.8. The van der Waals surface area contributed by atoms with E-state index in [4.69, 9.17) is 4.42 Å². The van der Waals surface area contributed by atoms with Crippen LogP contribution in [0.3, 0.4) is 0 Å². The molecule has 1 N–H and O–H groups in total. The van der Waals surface area contributed by atoms with Crippen molar-refractivity contribution >= 4 is 22.1 Å². The fourth-order valence-electron chi connectivity index (χ4n) is 3.66. The Morgan fingerprint density at radius 3 is 2.71 bits per heavy atom. The fourth-order valence-corrected chi connectivity index (χ4v) is 4.14. The molecular weight excluding hydrogens is 373 g/mol. The largest absolute Gasteiger partial charge is 0.465 e. The molecule has 0 radical (unpaired) electrons. The van der Waals surface area contributed by atoms with E-state index in [0.29, 0.717) is 0 Å². The summed E-state index contributed by atoms with van der Waals surface area (Å²) < 4.78 is 19.2. The van der Waals surface area contributed by atoms with E-state index in [2.05, 4.69) is 38.3 Å². The highest BCUT2D eigenvalue weighted by Crippen LogP contribution is 2.45. The molecule has 1 aromatic carbocycles. The van der Waals surface area contributed by atoms with Crippen molar-refractivity contribution in [2.75, 3.05) is 0 Å². The minimum absolute atomic E-state index is 0.0178. The van der Waals surface area contributed by atoms with Crippen LogP contribution in [-0.2, 0) is 5.54 Å². The van der Waals surface area contributed by atoms with E-state index < -0.39 is 0 Å². The van der Waals surface area contributed by atoms with Crippen LogP contribution in [0.5, 0.6) is 0 Å². The van der Waals surface area contributed by atoms with Gasteiger partial charge in [0, 0.05) is 6.21 Å². The van der Waals surface area contributed by atoms with Gasteiger partial charge in [-0.05, 0) is 50.1 Å². The molecule has 3 heterocycles. The van der Waals surface area contributed by atoms with Gasteiger partial charge in [0.25, 0.3) is 0 Å². The first-order valence-corrected chi connectivity index (χ1v) is 8.95. The highest BCUT2D eigenvalue weighted by atomic mass is 79.9. The molecule has 2 aliphatic rings. The van der Waals surface area contributed by atoms with Gasteiger partial charge in [-0.25, -0.2) is 4.39 Å². The topological polar surface area (TPSA) is 40.8 Å². The molecular formula is C18H19BrFN3O. The third-order valence-corrected chi connectivity index (χ3v) is 5.69. The summed E-state index contributed by atoms with van der Waals surface area (Å²) in [5.74, 6) is 1.59. The van der Waals surface area contributed by atoms with Crippen LogP contribution in [0, 0.1) is 12.7 Å². The SMILES string of the molecule is Cc1ccc(C2CC(C)(c3ccc(F)cc3)N3N=CC(Br)C3N2)o1. The van der Waals surface area contributed by atoms with Crippen LogP contribution in [0.2, 0.25) is 0 Å². The zero-order valence-electron chi connectivity index (χ0n) is 13.5. The van der Waals surface area contributed by atoms with Crippen molar-refractivity contribution in [3.63, 3.8) is 0 Å². The first kappa shape index (κ1) is 15.8. The van der Waals surface area contributed by atoms with E-state index in [9.17, 15) is 4.39 Å². The standard InChI is InChI=1S/C18H19BrFN3O/c1-11-3-8-16(24-11)15-9-18(2,12-4-6-13(20)7-5-12)23-17(22-15)14(19)10-21-23/h3-8,10,14-15,17,22H,9H2,1-2H3. The third kappa shape index (κ3) is 2.48. The first-order valence-electron chi connectivity index (χ1n) is 8.03. The fraction of sp³-hybridized carbons (Fsp3) is 0.389. The summed E-state index contributed by atoms with van der Waals surface area (Å²) in [5, 5.41) is 10.3. The second kappa shape index (κ2) is 5.70. The zero-order valence-corrected chi connectivity index (χ0v) is 15.1. The van der Waals surface area contributed by atoms with E-state index in [1.807, 2.05) is 37.4 Å². The predicted molar refractivity (Wildman–Crippen MR) is 94.5 cm³/mol. The summed E-state index contributed by atoms with van der Waals surface area (Å²) in [6.07, 6.45) is 2.69. The Labute approximate surface area is 148 Å². The Morgan fingerprint density at radius 2 is 2.04 bits per heavy atom. The molecule has 6 heteroatoms. The van der Waals surface area contributed by atoms with Gasteiger partial charge >= 0.3 is 0 Å². The molecule has 1 fully saturated rings. The Bertz CT molecular complexity index is 775. The number of alkyl halides is 1. The lowest BCUT2D eigenvalue weighted by molar-refractivity contribution is -0.00914. The van der Waals surface area contributed by atoms with Crippen molar-refractivity contribution in [3.8, 4) is 0 Å². The van der Waals surface area contributed by atoms with Gasteiger partial charge < -0.3 is 4.42 Å². The molecule has 0 spiro atoms. The highest BCUT2D eigenvalue weighted by molar-refractivity contribution is 9.10. The monoisotopic (exact) mass is 391 g/mol. The van der Waals surface area contributed by atoms with Gasteiger partial charge in [0.05, 0.1) is 16.4 Å². The van der Waals surface area contributed by atoms with Crippen molar-refractivity contribution in [2.45, 2.75) is 42.8 Å². The van der Waals surface area contributed by atoms with Gasteiger partial charge in [0.1, 0.15) is 23.5 Å². The maximum atomic E-state index is 13.4. The van der Waals surface area contributed by atoms with Crippen LogP contribution in [0.25, 0.3) is 0 Å². The Balaban J connectivity index is 1.75. The number of benzene rings is 1. The molecule has 0 bridgehead atoms. The Kier molecular flexibility index (Phi) is 3.77. The summed E-state index contributed by atoms with van der Waals surface area (Å²) in [5.41, 5.74) is 0.691. The van der Waals surface area contributed by atoms with Crippen molar-refractivity contribution in [2.24, 2.45) is 5.10 Å². The molecule has 4 atom stereocenters. The third-order valence-electron chi connectivity index (χ3n) is 4.95. The van der Waals surface area contributed by atoms with Gasteiger partial charge in [0.15, 0.2) is 0 Å². The first-order chi connectivity index (χ1) is 11.5. The number of aryl methyl sites for hydroxylation is 1. The van der Waals surface area contributed by atoms with Crippen molar-refractivity contribution < 1.29 is 8.81 Å². The molecule has 4 rings (SSSR count). The number of halogens is 2. The van der Waals surface area contributed by atoms with Gasteiger partial charge in [-0.2, -0.15) is 5.10 Å². The number of furan rings is 1. The van der Waals surface area contributed by atoms with Crippen LogP contribution in [0.1, 0.15) is 36.5 Å². The van der Waals surface area contributed by atoms with E-state index in [-0.39, 0.29) is 28.4 Å². The molecule has 126 valence electrons. The Hall–Kier alpha value is -1.66. The minimum atomic E-state index is -0.353. The molecule has 2 aromatic rings. The normalized spacial score (nSPS) is 32.2. The number of hydrogen-bond donors (Lipinski definition) is 1. The van der Waals surface area contributed by atoms with E-state index in [1.54, 1.807) is 0 Å². The number of rotatable bonds is 2. The van der Waals surface area contributed by atoms with Crippen LogP contribution < -0.4 is 5.32 Å². The molecule has 4 unspecified atom stereocenters. The maximum Gasteiger partial charge on any atom is 0.123 e. The van der Waals surface area contributed by atoms with Crippen LogP contribution in [0.4, 0.5) is 4.39 Å². The molecule has 0 saturated carbocycles. The second-order valence-corrected chi connectivity index (χ2v) is 7.71. The van der Waals surface area contributed by atoms with E-state index in [1.165, 1.54) is 12.1 Å². The predicted octanol–water partition coefficient (Wildman–Crippen LogP) is 4.07. The average molecular weight is 392 g/mol. The van der Waals surface area contributed by atoms with Gasteiger partial charge in [0.2, 0.25) is 0 Å². The molecule has 1 aromatic heterocycles. The highest BCUT2D eigenvalue weighted by Gasteiger charge is 2.49. The number of nitrogens with zero attached hydrogens (tertiary/aromatic N) is 2. The zero-order chi connectivity index (χ0) is 16.9. The number of hydrazone groups is 1.